The zero-order valence-electron chi connectivity index (χ0n) is 15.0. The normalized spacial score (nSPS) is 10.7. The lowest BCUT2D eigenvalue weighted by molar-refractivity contribution is 0.102. The highest BCUT2D eigenvalue weighted by atomic mass is 32.1. The molecule has 5 nitrogen and oxygen atoms in total. The van der Waals surface area contributed by atoms with Crippen LogP contribution >= 0.6 is 11.3 Å². The molecular formula is C21H18N4OS. The molecule has 4 rings (SSSR count). The Bertz CT molecular complexity index is 1080. The summed E-state index contributed by atoms with van der Waals surface area (Å²) in [6.07, 6.45) is 1.77. The molecule has 0 saturated heterocycles. The van der Waals surface area contributed by atoms with Gasteiger partial charge in [-0.25, -0.2) is 9.67 Å². The van der Waals surface area contributed by atoms with Crippen molar-refractivity contribution in [1.29, 1.82) is 0 Å². The van der Waals surface area contributed by atoms with Crippen LogP contribution in [0.2, 0.25) is 0 Å². The fraction of sp³-hybridized carbons (Fsp3) is 0.0952. The van der Waals surface area contributed by atoms with Gasteiger partial charge in [0, 0.05) is 17.1 Å². The third-order valence-electron chi connectivity index (χ3n) is 4.14. The number of nitrogens with one attached hydrogen (secondary N) is 1. The number of anilines is 1. The molecule has 6 heteroatoms. The standard InChI is InChI=1S/C21H18N4OS/c1-14-8-10-17(11-9-14)25-12-18(19(24-25)16-6-4-3-5-7-16)20(26)23-21-22-15(2)13-27-21/h3-13H,1-2H3,(H,22,23,26). The number of benzene rings is 2. The van der Waals surface area contributed by atoms with Crippen LogP contribution in [0, 0.1) is 13.8 Å². The Morgan fingerprint density at radius 2 is 1.78 bits per heavy atom. The molecule has 0 bridgehead atoms. The Morgan fingerprint density at radius 3 is 2.44 bits per heavy atom. The average Bonchev–Trinajstić information content (AvgIpc) is 3.30. The summed E-state index contributed by atoms with van der Waals surface area (Å²) in [6.45, 7) is 3.94. The predicted octanol–water partition coefficient (Wildman–Crippen LogP) is 4.86. The van der Waals surface area contributed by atoms with Crippen LogP contribution in [0.3, 0.4) is 0 Å². The van der Waals surface area contributed by atoms with Gasteiger partial charge in [-0.1, -0.05) is 48.0 Å². The minimum absolute atomic E-state index is 0.221. The molecule has 0 spiro atoms. The molecule has 0 radical (unpaired) electrons. The molecule has 0 unspecified atom stereocenters. The van der Waals surface area contributed by atoms with Crippen molar-refractivity contribution < 1.29 is 4.79 Å². The quantitative estimate of drug-likeness (QED) is 0.555. The van der Waals surface area contributed by atoms with Crippen molar-refractivity contribution in [3.63, 3.8) is 0 Å². The number of aryl methyl sites for hydroxylation is 2. The zero-order chi connectivity index (χ0) is 18.8. The average molecular weight is 374 g/mol. The number of hydrogen-bond acceptors (Lipinski definition) is 4. The van der Waals surface area contributed by atoms with Crippen LogP contribution in [0.1, 0.15) is 21.6 Å². The zero-order valence-corrected chi connectivity index (χ0v) is 15.8. The Kier molecular flexibility index (Phi) is 4.56. The molecule has 2 aromatic carbocycles. The third-order valence-corrected chi connectivity index (χ3v) is 5.02. The highest BCUT2D eigenvalue weighted by Gasteiger charge is 2.19. The number of carbonyl (C=O) groups excluding carboxylic acids is 1. The van der Waals surface area contributed by atoms with E-state index in [-0.39, 0.29) is 5.91 Å². The van der Waals surface area contributed by atoms with E-state index in [0.717, 1.165) is 16.9 Å². The molecular weight excluding hydrogens is 356 g/mol. The van der Waals surface area contributed by atoms with Crippen molar-refractivity contribution in [1.82, 2.24) is 14.8 Å². The Hall–Kier alpha value is -3.25. The van der Waals surface area contributed by atoms with E-state index < -0.39 is 0 Å². The molecule has 134 valence electrons. The SMILES string of the molecule is Cc1ccc(-n2cc(C(=O)Nc3nc(C)cs3)c(-c3ccccc3)n2)cc1. The number of aromatic nitrogens is 3. The topological polar surface area (TPSA) is 59.8 Å². The second kappa shape index (κ2) is 7.17. The number of thiazole rings is 1. The second-order valence-corrected chi connectivity index (χ2v) is 7.14. The fourth-order valence-corrected chi connectivity index (χ4v) is 3.44. The maximum Gasteiger partial charge on any atom is 0.261 e. The van der Waals surface area contributed by atoms with Crippen LogP contribution in [0.4, 0.5) is 5.13 Å². The summed E-state index contributed by atoms with van der Waals surface area (Å²) in [4.78, 5) is 17.2. The van der Waals surface area contributed by atoms with Gasteiger partial charge in [0.05, 0.1) is 16.9 Å². The Labute approximate surface area is 161 Å². The molecule has 0 aliphatic carbocycles. The minimum atomic E-state index is -0.221. The summed E-state index contributed by atoms with van der Waals surface area (Å²) in [5.74, 6) is -0.221. The van der Waals surface area contributed by atoms with Gasteiger partial charge in [0.25, 0.3) is 5.91 Å². The van der Waals surface area contributed by atoms with E-state index in [1.807, 2.05) is 73.8 Å². The molecule has 27 heavy (non-hydrogen) atoms. The van der Waals surface area contributed by atoms with Crippen LogP contribution in [-0.4, -0.2) is 20.7 Å². The third kappa shape index (κ3) is 3.66. The lowest BCUT2D eigenvalue weighted by atomic mass is 10.1. The highest BCUT2D eigenvalue weighted by Crippen LogP contribution is 2.25. The summed E-state index contributed by atoms with van der Waals surface area (Å²) in [6, 6.07) is 17.7. The minimum Gasteiger partial charge on any atom is -0.298 e. The highest BCUT2D eigenvalue weighted by molar-refractivity contribution is 7.13. The van der Waals surface area contributed by atoms with Crippen molar-refractivity contribution in [3.8, 4) is 16.9 Å². The first-order valence-corrected chi connectivity index (χ1v) is 9.44. The summed E-state index contributed by atoms with van der Waals surface area (Å²) in [7, 11) is 0. The van der Waals surface area contributed by atoms with E-state index >= 15 is 0 Å². The van der Waals surface area contributed by atoms with E-state index in [4.69, 9.17) is 0 Å². The summed E-state index contributed by atoms with van der Waals surface area (Å²) in [5, 5.41) is 10.1. The Balaban J connectivity index is 1.76. The van der Waals surface area contributed by atoms with E-state index in [1.165, 1.54) is 16.9 Å². The lowest BCUT2D eigenvalue weighted by Gasteiger charge is -2.02. The van der Waals surface area contributed by atoms with Crippen LogP contribution in [0.5, 0.6) is 0 Å². The first-order chi connectivity index (χ1) is 13.1. The molecule has 0 aliphatic heterocycles. The van der Waals surface area contributed by atoms with Crippen molar-refractivity contribution >= 4 is 22.4 Å². The number of amides is 1. The van der Waals surface area contributed by atoms with E-state index in [2.05, 4.69) is 15.4 Å². The maximum atomic E-state index is 12.9. The van der Waals surface area contributed by atoms with E-state index in [1.54, 1.807) is 10.9 Å². The molecule has 2 aromatic heterocycles. The van der Waals surface area contributed by atoms with Crippen molar-refractivity contribution in [2.45, 2.75) is 13.8 Å². The molecule has 0 atom stereocenters. The van der Waals surface area contributed by atoms with Crippen LogP contribution < -0.4 is 5.32 Å². The van der Waals surface area contributed by atoms with Gasteiger partial charge in [0.15, 0.2) is 5.13 Å². The summed E-state index contributed by atoms with van der Waals surface area (Å²) in [5.41, 5.74) is 5.00. The first-order valence-electron chi connectivity index (χ1n) is 8.56. The van der Waals surface area contributed by atoms with Crippen LogP contribution in [-0.2, 0) is 0 Å². The predicted molar refractivity (Wildman–Crippen MR) is 109 cm³/mol. The monoisotopic (exact) mass is 374 g/mol. The molecule has 2 heterocycles. The smallest absolute Gasteiger partial charge is 0.261 e. The first kappa shape index (κ1) is 17.2. The second-order valence-electron chi connectivity index (χ2n) is 6.29. The molecule has 1 N–H and O–H groups in total. The number of hydrogen-bond donors (Lipinski definition) is 1. The van der Waals surface area contributed by atoms with Gasteiger partial charge >= 0.3 is 0 Å². The number of carbonyl (C=O) groups is 1. The van der Waals surface area contributed by atoms with Crippen LogP contribution in [0.15, 0.2) is 66.2 Å². The fourth-order valence-electron chi connectivity index (χ4n) is 2.75. The summed E-state index contributed by atoms with van der Waals surface area (Å²) >= 11 is 1.41. The molecule has 0 aliphatic rings. The van der Waals surface area contributed by atoms with Crippen LogP contribution in [0.25, 0.3) is 16.9 Å². The van der Waals surface area contributed by atoms with Gasteiger partial charge in [-0.15, -0.1) is 11.3 Å². The van der Waals surface area contributed by atoms with Gasteiger partial charge in [0.1, 0.15) is 5.69 Å². The van der Waals surface area contributed by atoms with Crippen molar-refractivity contribution in [2.24, 2.45) is 0 Å². The van der Waals surface area contributed by atoms with Crippen molar-refractivity contribution in [2.75, 3.05) is 5.32 Å². The number of rotatable bonds is 4. The summed E-state index contributed by atoms with van der Waals surface area (Å²) < 4.78 is 1.74. The van der Waals surface area contributed by atoms with Gasteiger partial charge in [-0.05, 0) is 26.0 Å². The van der Waals surface area contributed by atoms with Gasteiger partial charge in [-0.2, -0.15) is 5.10 Å². The number of nitrogens with zero attached hydrogens (tertiary/aromatic N) is 3. The molecule has 0 fully saturated rings. The van der Waals surface area contributed by atoms with Crippen molar-refractivity contribution in [3.05, 3.63) is 83.0 Å². The molecule has 4 aromatic rings. The lowest BCUT2D eigenvalue weighted by Crippen LogP contribution is -2.12. The van der Waals surface area contributed by atoms with Gasteiger partial charge in [0.2, 0.25) is 0 Å². The van der Waals surface area contributed by atoms with Gasteiger partial charge < -0.3 is 0 Å². The molecule has 0 saturated carbocycles. The largest absolute Gasteiger partial charge is 0.298 e. The Morgan fingerprint density at radius 1 is 1.04 bits per heavy atom. The maximum absolute atomic E-state index is 12.9. The molecule has 1 amide bonds. The van der Waals surface area contributed by atoms with Gasteiger partial charge in [-0.3, -0.25) is 10.1 Å². The van der Waals surface area contributed by atoms with E-state index in [0.29, 0.717) is 16.4 Å². The van der Waals surface area contributed by atoms with E-state index in [9.17, 15) is 4.79 Å².